The number of rotatable bonds is 6. The maximum atomic E-state index is 12.6. The van der Waals surface area contributed by atoms with Crippen molar-refractivity contribution in [2.75, 3.05) is 43.5 Å². The minimum atomic E-state index is -0.0483. The van der Waals surface area contributed by atoms with Gasteiger partial charge in [0, 0.05) is 49.8 Å². The fourth-order valence-corrected chi connectivity index (χ4v) is 4.34. The second-order valence-electron chi connectivity index (χ2n) is 8.08. The summed E-state index contributed by atoms with van der Waals surface area (Å²) in [6, 6.07) is 3.72. The minimum Gasteiger partial charge on any atom is -0.382 e. The highest BCUT2D eigenvalue weighted by atomic mass is 35.5. The number of pyridine rings is 2. The molecule has 166 valence electrons. The SMILES string of the molecule is O=C(Nc1cc(-c2cnc(Cl)c(NCC3CCOCC3)c2)c(Cl)cn1)C1CCCNC1. The Kier molecular flexibility index (Phi) is 7.61. The molecule has 2 aromatic heterocycles. The van der Waals surface area contributed by atoms with Crippen LogP contribution in [0.1, 0.15) is 25.7 Å². The highest BCUT2D eigenvalue weighted by molar-refractivity contribution is 6.33. The van der Waals surface area contributed by atoms with Crippen LogP contribution < -0.4 is 16.0 Å². The van der Waals surface area contributed by atoms with Gasteiger partial charge in [0.05, 0.1) is 16.6 Å². The Hall–Kier alpha value is -1.93. The first-order valence-electron chi connectivity index (χ1n) is 10.7. The molecule has 0 saturated carbocycles. The lowest BCUT2D eigenvalue weighted by Crippen LogP contribution is -2.37. The van der Waals surface area contributed by atoms with E-state index in [1.165, 1.54) is 0 Å². The van der Waals surface area contributed by atoms with Gasteiger partial charge in [-0.1, -0.05) is 23.2 Å². The number of anilines is 2. The zero-order chi connectivity index (χ0) is 21.6. The van der Waals surface area contributed by atoms with Gasteiger partial charge < -0.3 is 20.7 Å². The smallest absolute Gasteiger partial charge is 0.229 e. The number of nitrogens with one attached hydrogen (secondary N) is 3. The molecule has 0 radical (unpaired) electrons. The summed E-state index contributed by atoms with van der Waals surface area (Å²) in [6.07, 6.45) is 7.18. The Morgan fingerprint density at radius 3 is 2.77 bits per heavy atom. The third-order valence-electron chi connectivity index (χ3n) is 5.85. The average Bonchev–Trinajstić information content (AvgIpc) is 2.81. The number of carbonyl (C=O) groups is 1. The zero-order valence-electron chi connectivity index (χ0n) is 17.3. The monoisotopic (exact) mass is 463 g/mol. The van der Waals surface area contributed by atoms with Gasteiger partial charge in [0.1, 0.15) is 5.82 Å². The molecular weight excluding hydrogens is 437 g/mol. The average molecular weight is 464 g/mol. The lowest BCUT2D eigenvalue weighted by molar-refractivity contribution is -0.120. The summed E-state index contributed by atoms with van der Waals surface area (Å²) < 4.78 is 5.42. The Morgan fingerprint density at radius 1 is 1.16 bits per heavy atom. The van der Waals surface area contributed by atoms with Crippen molar-refractivity contribution in [3.8, 4) is 11.1 Å². The van der Waals surface area contributed by atoms with Gasteiger partial charge in [-0.15, -0.1) is 0 Å². The van der Waals surface area contributed by atoms with Crippen LogP contribution in [0.3, 0.4) is 0 Å². The molecule has 9 heteroatoms. The lowest BCUT2D eigenvalue weighted by Gasteiger charge is -2.23. The van der Waals surface area contributed by atoms with Crippen LogP contribution in [0.4, 0.5) is 11.5 Å². The van der Waals surface area contributed by atoms with Crippen LogP contribution in [0, 0.1) is 11.8 Å². The molecule has 1 unspecified atom stereocenters. The molecular formula is C22H27Cl2N5O2. The first-order valence-corrected chi connectivity index (χ1v) is 11.5. The van der Waals surface area contributed by atoms with Crippen molar-refractivity contribution in [1.82, 2.24) is 15.3 Å². The molecule has 2 aliphatic rings. The molecule has 2 aromatic rings. The van der Waals surface area contributed by atoms with Crippen LogP contribution >= 0.6 is 23.2 Å². The summed E-state index contributed by atoms with van der Waals surface area (Å²) in [7, 11) is 0. The first kappa shape index (κ1) is 22.3. The van der Waals surface area contributed by atoms with E-state index in [4.69, 9.17) is 27.9 Å². The van der Waals surface area contributed by atoms with Gasteiger partial charge in [-0.25, -0.2) is 9.97 Å². The molecule has 3 N–H and O–H groups in total. The van der Waals surface area contributed by atoms with Crippen LogP contribution in [0.2, 0.25) is 10.2 Å². The Morgan fingerprint density at radius 2 is 2.00 bits per heavy atom. The van der Waals surface area contributed by atoms with E-state index in [9.17, 15) is 4.79 Å². The molecule has 1 atom stereocenters. The lowest BCUT2D eigenvalue weighted by atomic mass is 9.99. The maximum absolute atomic E-state index is 12.6. The molecule has 7 nitrogen and oxygen atoms in total. The molecule has 4 heterocycles. The van der Waals surface area contributed by atoms with Crippen molar-refractivity contribution >= 4 is 40.6 Å². The topological polar surface area (TPSA) is 88.2 Å². The van der Waals surface area contributed by atoms with Crippen LogP contribution in [0.5, 0.6) is 0 Å². The number of hydrogen-bond donors (Lipinski definition) is 3. The predicted molar refractivity (Wildman–Crippen MR) is 124 cm³/mol. The number of amides is 1. The van der Waals surface area contributed by atoms with E-state index in [0.717, 1.165) is 68.8 Å². The number of piperidine rings is 1. The summed E-state index contributed by atoms with van der Waals surface area (Å²) in [5.74, 6) is 0.949. The standard InChI is InChI=1S/C22H27Cl2N5O2/c23-18-13-27-20(29-22(30)15-2-1-5-25-11-15)9-17(18)16-8-19(21(24)28-12-16)26-10-14-3-6-31-7-4-14/h8-9,12-15,25-26H,1-7,10-11H2,(H,27,29,30). The Bertz CT molecular complexity index is 915. The first-order chi connectivity index (χ1) is 15.1. The fourth-order valence-electron chi connectivity index (χ4n) is 3.96. The van der Waals surface area contributed by atoms with E-state index in [-0.39, 0.29) is 11.8 Å². The molecule has 2 aliphatic heterocycles. The Balaban J connectivity index is 1.48. The summed E-state index contributed by atoms with van der Waals surface area (Å²) in [5, 5.41) is 10.5. The van der Waals surface area contributed by atoms with E-state index in [2.05, 4.69) is 25.9 Å². The normalized spacial score (nSPS) is 19.7. The van der Waals surface area contributed by atoms with Gasteiger partial charge in [0.25, 0.3) is 0 Å². The second kappa shape index (κ2) is 10.6. The molecule has 2 saturated heterocycles. The molecule has 0 aliphatic carbocycles. The van der Waals surface area contributed by atoms with Crippen LogP contribution in [-0.2, 0) is 9.53 Å². The third-order valence-corrected chi connectivity index (χ3v) is 6.45. The van der Waals surface area contributed by atoms with E-state index >= 15 is 0 Å². The van der Waals surface area contributed by atoms with Gasteiger partial charge in [-0.05, 0) is 50.3 Å². The zero-order valence-corrected chi connectivity index (χ0v) is 18.8. The number of aromatic nitrogens is 2. The van der Waals surface area contributed by atoms with Crippen LogP contribution in [0.25, 0.3) is 11.1 Å². The van der Waals surface area contributed by atoms with E-state index in [1.54, 1.807) is 18.5 Å². The molecule has 0 aromatic carbocycles. The molecule has 0 spiro atoms. The van der Waals surface area contributed by atoms with Crippen molar-refractivity contribution in [2.45, 2.75) is 25.7 Å². The largest absolute Gasteiger partial charge is 0.382 e. The van der Waals surface area contributed by atoms with Crippen LogP contribution in [0.15, 0.2) is 24.5 Å². The fraction of sp³-hybridized carbons (Fsp3) is 0.500. The van der Waals surface area contributed by atoms with Crippen LogP contribution in [-0.4, -0.2) is 48.7 Å². The molecule has 2 fully saturated rings. The van der Waals surface area contributed by atoms with Gasteiger partial charge in [-0.3, -0.25) is 4.79 Å². The molecule has 1 amide bonds. The molecule has 0 bridgehead atoms. The number of halogens is 2. The highest BCUT2D eigenvalue weighted by Gasteiger charge is 2.22. The number of ether oxygens (including phenoxy) is 1. The van der Waals surface area contributed by atoms with Crippen molar-refractivity contribution in [1.29, 1.82) is 0 Å². The highest BCUT2D eigenvalue weighted by Crippen LogP contribution is 2.33. The summed E-state index contributed by atoms with van der Waals surface area (Å²) in [6.45, 7) is 4.07. The molecule has 31 heavy (non-hydrogen) atoms. The maximum Gasteiger partial charge on any atom is 0.229 e. The van der Waals surface area contributed by atoms with Gasteiger partial charge in [0.15, 0.2) is 5.15 Å². The predicted octanol–water partition coefficient (Wildman–Crippen LogP) is 4.23. The number of nitrogens with zero attached hydrogens (tertiary/aromatic N) is 2. The number of hydrogen-bond acceptors (Lipinski definition) is 6. The third kappa shape index (κ3) is 5.86. The van der Waals surface area contributed by atoms with Crippen molar-refractivity contribution in [3.63, 3.8) is 0 Å². The quantitative estimate of drug-likeness (QED) is 0.555. The van der Waals surface area contributed by atoms with Crippen molar-refractivity contribution < 1.29 is 9.53 Å². The van der Waals surface area contributed by atoms with Crippen molar-refractivity contribution in [2.24, 2.45) is 11.8 Å². The van der Waals surface area contributed by atoms with Gasteiger partial charge >= 0.3 is 0 Å². The summed E-state index contributed by atoms with van der Waals surface area (Å²) in [4.78, 5) is 21.2. The van der Waals surface area contributed by atoms with Crippen molar-refractivity contribution in [3.05, 3.63) is 34.7 Å². The number of carbonyl (C=O) groups excluding carboxylic acids is 1. The summed E-state index contributed by atoms with van der Waals surface area (Å²) >= 11 is 12.7. The van der Waals surface area contributed by atoms with E-state index < -0.39 is 0 Å². The van der Waals surface area contributed by atoms with Gasteiger partial charge in [0.2, 0.25) is 5.91 Å². The summed E-state index contributed by atoms with van der Waals surface area (Å²) in [5.41, 5.74) is 2.31. The van der Waals surface area contributed by atoms with Gasteiger partial charge in [-0.2, -0.15) is 0 Å². The molecule has 4 rings (SSSR count). The Labute approximate surface area is 192 Å². The second-order valence-corrected chi connectivity index (χ2v) is 8.85. The van der Waals surface area contributed by atoms with E-state index in [0.29, 0.717) is 28.5 Å². The minimum absolute atomic E-state index is 0.0268. The van der Waals surface area contributed by atoms with E-state index in [1.807, 2.05) is 6.07 Å².